The van der Waals surface area contributed by atoms with E-state index < -0.39 is 0 Å². The molecule has 138 valence electrons. The molecule has 0 spiro atoms. The zero-order chi connectivity index (χ0) is 19.3. The van der Waals surface area contributed by atoms with Gasteiger partial charge in [-0.1, -0.05) is 55.5 Å². The minimum absolute atomic E-state index is 0.937. The first kappa shape index (κ1) is 17.1. The van der Waals surface area contributed by atoms with Crippen molar-refractivity contribution < 1.29 is 4.42 Å². The molecule has 0 N–H and O–H groups in total. The third-order valence-electron chi connectivity index (χ3n) is 6.02. The summed E-state index contributed by atoms with van der Waals surface area (Å²) in [7, 11) is 0. The molecule has 0 atom stereocenters. The van der Waals surface area contributed by atoms with Crippen LogP contribution in [0, 0.1) is 13.8 Å². The second kappa shape index (κ2) is 6.53. The molecule has 0 fully saturated rings. The van der Waals surface area contributed by atoms with Crippen LogP contribution < -0.4 is 0 Å². The van der Waals surface area contributed by atoms with E-state index in [1.165, 1.54) is 49.7 Å². The average molecular weight is 364 g/mol. The number of rotatable bonds is 3. The average Bonchev–Trinajstić information content (AvgIpc) is 3.30. The third kappa shape index (κ3) is 2.70. The van der Waals surface area contributed by atoms with E-state index in [1.807, 2.05) is 6.92 Å². The fraction of sp³-hybridized carbons (Fsp3) is 0.185. The summed E-state index contributed by atoms with van der Waals surface area (Å²) in [5, 5.41) is 2.58. The normalized spacial score (nSPS) is 13.0. The van der Waals surface area contributed by atoms with Crippen molar-refractivity contribution in [2.75, 3.05) is 0 Å². The van der Waals surface area contributed by atoms with Crippen LogP contribution in [0.4, 0.5) is 0 Å². The molecule has 4 aromatic rings. The maximum absolute atomic E-state index is 6.02. The highest BCUT2D eigenvalue weighted by Gasteiger charge is 2.22. The Labute approximate surface area is 166 Å². The van der Waals surface area contributed by atoms with Crippen molar-refractivity contribution in [3.05, 3.63) is 94.4 Å². The van der Waals surface area contributed by atoms with Crippen molar-refractivity contribution in [2.45, 2.75) is 33.6 Å². The maximum atomic E-state index is 6.02. The standard InChI is InChI=1S/C27H24O/c1-4-19-9-11-22-15-24(26-13-17(2)18(3)28-26)16-25(22)27(19)23-12-10-20-7-5-6-8-21(20)14-23/h5-14,16H,4,15H2,1-3H3. The van der Waals surface area contributed by atoms with E-state index >= 15 is 0 Å². The van der Waals surface area contributed by atoms with Gasteiger partial charge in [0.1, 0.15) is 11.5 Å². The van der Waals surface area contributed by atoms with Crippen LogP contribution in [-0.4, -0.2) is 0 Å². The molecule has 28 heavy (non-hydrogen) atoms. The summed E-state index contributed by atoms with van der Waals surface area (Å²) in [6, 6.07) is 22.2. The molecule has 5 rings (SSSR count). The first-order chi connectivity index (χ1) is 13.6. The Bertz CT molecular complexity index is 1220. The van der Waals surface area contributed by atoms with Crippen LogP contribution >= 0.6 is 0 Å². The van der Waals surface area contributed by atoms with Crippen LogP contribution in [0.2, 0.25) is 0 Å². The van der Waals surface area contributed by atoms with Gasteiger partial charge in [-0.3, -0.25) is 0 Å². The number of fused-ring (bicyclic) bond motifs is 2. The summed E-state index contributed by atoms with van der Waals surface area (Å²) in [5.74, 6) is 2.02. The first-order valence-corrected chi connectivity index (χ1v) is 10.1. The number of furan rings is 1. The molecule has 1 heterocycles. The quantitative estimate of drug-likeness (QED) is 0.370. The Morgan fingerprint density at radius 2 is 1.71 bits per heavy atom. The van der Waals surface area contributed by atoms with Gasteiger partial charge in [-0.2, -0.15) is 0 Å². The lowest BCUT2D eigenvalue weighted by Crippen LogP contribution is -1.94. The molecule has 0 bridgehead atoms. The fourth-order valence-electron chi connectivity index (χ4n) is 4.33. The second-order valence-electron chi connectivity index (χ2n) is 7.78. The summed E-state index contributed by atoms with van der Waals surface area (Å²) >= 11 is 0. The minimum Gasteiger partial charge on any atom is -0.461 e. The van der Waals surface area contributed by atoms with Gasteiger partial charge in [-0.15, -0.1) is 0 Å². The zero-order valence-corrected chi connectivity index (χ0v) is 16.7. The lowest BCUT2D eigenvalue weighted by atomic mass is 9.90. The monoisotopic (exact) mass is 364 g/mol. The Kier molecular flexibility index (Phi) is 3.98. The predicted molar refractivity (Wildman–Crippen MR) is 119 cm³/mol. The molecule has 0 saturated heterocycles. The minimum atomic E-state index is 0.937. The highest BCUT2D eigenvalue weighted by Crippen LogP contribution is 2.41. The van der Waals surface area contributed by atoms with Crippen molar-refractivity contribution in [2.24, 2.45) is 0 Å². The summed E-state index contributed by atoms with van der Waals surface area (Å²) in [5.41, 5.74) is 9.33. The molecule has 0 unspecified atom stereocenters. The number of aryl methyl sites for hydroxylation is 3. The summed E-state index contributed by atoms with van der Waals surface area (Å²) in [4.78, 5) is 0. The number of hydrogen-bond acceptors (Lipinski definition) is 1. The van der Waals surface area contributed by atoms with Crippen LogP contribution in [0.5, 0.6) is 0 Å². The molecule has 0 radical (unpaired) electrons. The SMILES string of the molecule is CCc1ccc2c(c1-c1ccc3ccccc3c1)C=C(c1cc(C)c(C)o1)C2. The lowest BCUT2D eigenvalue weighted by Gasteiger charge is -2.14. The van der Waals surface area contributed by atoms with Crippen LogP contribution in [-0.2, 0) is 12.8 Å². The van der Waals surface area contributed by atoms with Gasteiger partial charge in [-0.25, -0.2) is 0 Å². The smallest absolute Gasteiger partial charge is 0.130 e. The Hall–Kier alpha value is -3.06. The molecule has 0 saturated carbocycles. The topological polar surface area (TPSA) is 13.1 Å². The molecule has 1 aromatic heterocycles. The Balaban J connectivity index is 1.69. The Morgan fingerprint density at radius 1 is 0.893 bits per heavy atom. The van der Waals surface area contributed by atoms with Gasteiger partial charge < -0.3 is 4.42 Å². The third-order valence-corrected chi connectivity index (χ3v) is 6.02. The van der Waals surface area contributed by atoms with Crippen molar-refractivity contribution in [1.29, 1.82) is 0 Å². The zero-order valence-electron chi connectivity index (χ0n) is 16.7. The first-order valence-electron chi connectivity index (χ1n) is 10.1. The van der Waals surface area contributed by atoms with Gasteiger partial charge >= 0.3 is 0 Å². The van der Waals surface area contributed by atoms with Gasteiger partial charge in [0.2, 0.25) is 0 Å². The van der Waals surface area contributed by atoms with Crippen LogP contribution in [0.3, 0.4) is 0 Å². The van der Waals surface area contributed by atoms with Crippen molar-refractivity contribution in [3.63, 3.8) is 0 Å². The molecular formula is C27H24O. The molecule has 1 aliphatic rings. The van der Waals surface area contributed by atoms with Gasteiger partial charge in [0.15, 0.2) is 0 Å². The van der Waals surface area contributed by atoms with E-state index in [4.69, 9.17) is 4.42 Å². The van der Waals surface area contributed by atoms with Crippen LogP contribution in [0.25, 0.3) is 33.5 Å². The van der Waals surface area contributed by atoms with Crippen molar-refractivity contribution >= 4 is 22.4 Å². The van der Waals surface area contributed by atoms with Crippen LogP contribution in [0.1, 0.15) is 40.7 Å². The molecule has 3 aromatic carbocycles. The van der Waals surface area contributed by atoms with Crippen molar-refractivity contribution in [1.82, 2.24) is 0 Å². The van der Waals surface area contributed by atoms with E-state index in [2.05, 4.69) is 80.6 Å². The Morgan fingerprint density at radius 3 is 2.46 bits per heavy atom. The molecule has 1 nitrogen and oxygen atoms in total. The number of allylic oxidation sites excluding steroid dienone is 1. The van der Waals surface area contributed by atoms with E-state index in [0.29, 0.717) is 0 Å². The van der Waals surface area contributed by atoms with E-state index in [1.54, 1.807) is 0 Å². The summed E-state index contributed by atoms with van der Waals surface area (Å²) < 4.78 is 6.02. The highest BCUT2D eigenvalue weighted by atomic mass is 16.3. The van der Waals surface area contributed by atoms with Crippen LogP contribution in [0.15, 0.2) is 65.1 Å². The van der Waals surface area contributed by atoms with Crippen molar-refractivity contribution in [3.8, 4) is 11.1 Å². The molecule has 1 aliphatic carbocycles. The summed E-state index contributed by atoms with van der Waals surface area (Å²) in [6.07, 6.45) is 4.31. The van der Waals surface area contributed by atoms with Gasteiger partial charge in [0.05, 0.1) is 0 Å². The van der Waals surface area contributed by atoms with E-state index in [9.17, 15) is 0 Å². The van der Waals surface area contributed by atoms with Gasteiger partial charge in [0, 0.05) is 6.42 Å². The van der Waals surface area contributed by atoms with E-state index in [0.717, 1.165) is 24.4 Å². The lowest BCUT2D eigenvalue weighted by molar-refractivity contribution is 0.518. The highest BCUT2D eigenvalue weighted by molar-refractivity contribution is 5.96. The summed E-state index contributed by atoms with van der Waals surface area (Å²) in [6.45, 7) is 6.39. The molecule has 0 aliphatic heterocycles. The number of benzene rings is 3. The fourth-order valence-corrected chi connectivity index (χ4v) is 4.33. The maximum Gasteiger partial charge on any atom is 0.130 e. The van der Waals surface area contributed by atoms with Gasteiger partial charge in [0.25, 0.3) is 0 Å². The van der Waals surface area contributed by atoms with E-state index in [-0.39, 0.29) is 0 Å². The second-order valence-corrected chi connectivity index (χ2v) is 7.78. The molecule has 0 amide bonds. The largest absolute Gasteiger partial charge is 0.461 e. The molecular weight excluding hydrogens is 340 g/mol. The predicted octanol–water partition coefficient (Wildman–Crippen LogP) is 7.38. The van der Waals surface area contributed by atoms with Gasteiger partial charge in [-0.05, 0) is 88.2 Å². The number of hydrogen-bond donors (Lipinski definition) is 0. The molecule has 1 heteroatoms.